The molecule has 0 atom stereocenters. The molecule has 0 radical (unpaired) electrons. The lowest BCUT2D eigenvalue weighted by molar-refractivity contribution is 0.105. The van der Waals surface area contributed by atoms with E-state index in [1.165, 1.54) is 12.1 Å². The molecule has 4 saturated heterocycles. The van der Waals surface area contributed by atoms with Gasteiger partial charge >= 0.3 is 0 Å². The van der Waals surface area contributed by atoms with E-state index in [1.54, 1.807) is 61.5 Å². The lowest BCUT2D eigenvalue weighted by atomic mass is 10.1. The Bertz CT molecular complexity index is 6060. The summed E-state index contributed by atoms with van der Waals surface area (Å²) in [6.07, 6.45) is 39.4. The quantitative estimate of drug-likeness (QED) is 0.0520. The standard InChI is InChI=1S/C23H24FN5O.C22H20Cl3N5O.C22H21Cl2N5O.C22H21ClFN5O/c1-16-3-2-4-21(24)20(16)15-30-29-10-7-22-23(29)11-17(12-26-22)18-13-27-28(14-18)19-5-8-25-9-6-19;23-18-1-2-19(24)22(25)17(18)13-31-30-8-5-20-21(30)9-14(10-27-20)15-11-28-29(12-15)16-3-6-26-7-4-16;2*23-19-3-1-2-15(22(19)24)14-30-29-9-6-20-21(29)10-16(11-26-20)17-12-27-28(13-17)18-4-7-25-8-5-18/h2-4,7,10-14,19,25H,5-6,8-9,15H2,1H3;1-2,5,8-12,16,26H,3-4,6-7,13H2;2*1-3,6,9-13,18,25H,4-5,7-8,14H2. The number of aromatic nitrogens is 16. The van der Waals surface area contributed by atoms with Gasteiger partial charge < -0.3 is 40.6 Å². The molecule has 4 aromatic carbocycles. The number of fused-ring (bicyclic) bond motifs is 4. The lowest BCUT2D eigenvalue weighted by Crippen LogP contribution is -2.29. The van der Waals surface area contributed by atoms with E-state index in [0.29, 0.717) is 72.6 Å². The Hall–Kier alpha value is -10.9. The zero-order valence-corrected chi connectivity index (χ0v) is 70.5. The molecule has 622 valence electrons. The predicted molar refractivity (Wildman–Crippen MR) is 470 cm³/mol. The Labute approximate surface area is 726 Å². The fourth-order valence-corrected chi connectivity index (χ4v) is 16.7. The van der Waals surface area contributed by atoms with E-state index in [9.17, 15) is 8.78 Å². The van der Waals surface area contributed by atoms with E-state index >= 15 is 0 Å². The van der Waals surface area contributed by atoms with Crippen LogP contribution in [-0.4, -0.2) is 130 Å². The lowest BCUT2D eigenvalue weighted by Gasteiger charge is -2.22. The summed E-state index contributed by atoms with van der Waals surface area (Å²) in [5.41, 5.74) is 18.1. The van der Waals surface area contributed by atoms with Crippen LogP contribution < -0.4 is 40.6 Å². The minimum atomic E-state index is -0.459. The van der Waals surface area contributed by atoms with Gasteiger partial charge in [0.15, 0.2) is 0 Å². The third-order valence-corrected chi connectivity index (χ3v) is 24.8. The maximum absolute atomic E-state index is 14.1. The molecule has 0 unspecified atom stereocenters. The molecule has 4 aliphatic heterocycles. The average Bonchev–Trinajstić information content (AvgIpc) is 1.67. The summed E-state index contributed by atoms with van der Waals surface area (Å²) >= 11 is 36.9. The van der Waals surface area contributed by atoms with Crippen LogP contribution in [0.1, 0.15) is 103 Å². The molecule has 16 aromatic rings. The minimum Gasteiger partial charge on any atom is -0.409 e. The molecule has 4 N–H and O–H groups in total. The first-order valence-electron chi connectivity index (χ1n) is 40.3. The van der Waals surface area contributed by atoms with Gasteiger partial charge in [-0.2, -0.15) is 39.3 Å². The van der Waals surface area contributed by atoms with Crippen molar-refractivity contribution in [3.05, 3.63) is 284 Å². The first kappa shape index (κ1) is 82.4. The van der Waals surface area contributed by atoms with E-state index in [2.05, 4.69) is 111 Å². The topological polar surface area (TPSA) is 228 Å². The molecule has 32 heteroatoms. The summed E-state index contributed by atoms with van der Waals surface area (Å²) in [4.78, 5) is 42.0. The number of nitrogens with one attached hydrogen (secondary N) is 4. The van der Waals surface area contributed by atoms with E-state index < -0.39 is 5.82 Å². The van der Waals surface area contributed by atoms with Gasteiger partial charge in [0.05, 0.1) is 96.1 Å². The normalized spacial score (nSPS) is 15.0. The van der Waals surface area contributed by atoms with Crippen LogP contribution >= 0.6 is 69.6 Å². The van der Waals surface area contributed by atoms with Gasteiger partial charge in [-0.25, -0.2) is 8.78 Å². The van der Waals surface area contributed by atoms with Gasteiger partial charge in [0.25, 0.3) is 0 Å². The molecule has 24 nitrogen and oxygen atoms in total. The molecule has 16 heterocycles. The summed E-state index contributed by atoms with van der Waals surface area (Å²) in [6.45, 7) is 10.8. The average molecular weight is 1750 g/mol. The smallest absolute Gasteiger partial charge is 0.148 e. The zero-order chi connectivity index (χ0) is 82.9. The van der Waals surface area contributed by atoms with Crippen molar-refractivity contribution in [2.24, 2.45) is 0 Å². The Morgan fingerprint density at radius 2 is 0.661 bits per heavy atom. The highest BCUT2D eigenvalue weighted by Crippen LogP contribution is 2.36. The molecule has 4 aliphatic rings. The highest BCUT2D eigenvalue weighted by Gasteiger charge is 2.24. The van der Waals surface area contributed by atoms with E-state index in [0.717, 1.165) is 203 Å². The number of rotatable bonds is 20. The van der Waals surface area contributed by atoms with E-state index in [4.69, 9.17) is 89.0 Å². The number of pyridine rings is 4. The zero-order valence-electron chi connectivity index (χ0n) is 66.0. The third-order valence-electron chi connectivity index (χ3n) is 22.5. The van der Waals surface area contributed by atoms with Crippen molar-refractivity contribution in [1.82, 2.24) is 99.2 Å². The molecule has 121 heavy (non-hydrogen) atoms. The van der Waals surface area contributed by atoms with Gasteiger partial charge in [-0.05, 0) is 195 Å². The molecular formula is C89H86Cl6F2N20O4. The van der Waals surface area contributed by atoms with Crippen molar-refractivity contribution >= 4 is 114 Å². The van der Waals surface area contributed by atoms with Crippen LogP contribution in [0.25, 0.3) is 88.6 Å². The second-order valence-electron chi connectivity index (χ2n) is 30.2. The number of benzene rings is 4. The number of aryl methyl sites for hydroxylation is 1. The largest absolute Gasteiger partial charge is 0.409 e. The van der Waals surface area contributed by atoms with Crippen molar-refractivity contribution in [2.75, 3.05) is 52.4 Å². The Kier molecular flexibility index (Phi) is 25.9. The molecule has 0 aliphatic carbocycles. The van der Waals surface area contributed by atoms with Gasteiger partial charge in [0.2, 0.25) is 0 Å². The Morgan fingerprint density at radius 1 is 0.339 bits per heavy atom. The number of hydrogen-bond acceptors (Lipinski definition) is 16. The number of hydrogen-bond donors (Lipinski definition) is 4. The van der Waals surface area contributed by atoms with Gasteiger partial charge in [-0.3, -0.25) is 38.7 Å². The highest BCUT2D eigenvalue weighted by molar-refractivity contribution is 6.44. The van der Waals surface area contributed by atoms with Crippen molar-refractivity contribution in [2.45, 2.75) is 109 Å². The first-order valence-corrected chi connectivity index (χ1v) is 42.6. The Balaban J connectivity index is 0.000000115. The third kappa shape index (κ3) is 19.1. The van der Waals surface area contributed by atoms with E-state index in [-0.39, 0.29) is 30.7 Å². The maximum atomic E-state index is 14.1. The molecule has 4 fully saturated rings. The summed E-state index contributed by atoms with van der Waals surface area (Å²) in [5.74, 6) is -0.713. The summed E-state index contributed by atoms with van der Waals surface area (Å²) in [7, 11) is 0. The number of nitrogens with zero attached hydrogens (tertiary/aromatic N) is 16. The van der Waals surface area contributed by atoms with Crippen molar-refractivity contribution < 1.29 is 28.1 Å². The first-order chi connectivity index (χ1) is 59.2. The van der Waals surface area contributed by atoms with Gasteiger partial charge in [0, 0.05) is 146 Å². The van der Waals surface area contributed by atoms with Crippen molar-refractivity contribution in [3.8, 4) is 44.5 Å². The van der Waals surface area contributed by atoms with Crippen molar-refractivity contribution in [1.29, 1.82) is 0 Å². The maximum Gasteiger partial charge on any atom is 0.148 e. The molecule has 0 bridgehead atoms. The predicted octanol–water partition coefficient (Wildman–Crippen LogP) is 18.3. The molecular weight excluding hydrogens is 1660 g/mol. The molecule has 0 saturated carbocycles. The van der Waals surface area contributed by atoms with Crippen LogP contribution in [0.15, 0.2) is 214 Å². The van der Waals surface area contributed by atoms with E-state index in [1.807, 2.05) is 136 Å². The van der Waals surface area contributed by atoms with Crippen LogP contribution in [-0.2, 0) is 26.4 Å². The highest BCUT2D eigenvalue weighted by atomic mass is 35.5. The summed E-state index contributed by atoms with van der Waals surface area (Å²) < 4.78 is 43.2. The number of halogens is 8. The fourth-order valence-electron chi connectivity index (χ4n) is 15.5. The SMILES string of the molecule is Cc1cccc(F)c1COn1ccc2ncc(-c3cnn(C4CCNCC4)c3)cc21.Clc1ccc(Cl)c(COn2ccc3ncc(-c4cnn(C5CCNCC5)c4)cc32)c1Cl.Clc1cccc(COn2ccc3ncc(-c4cnn(C5CCNCC5)c4)cc32)c1Cl.Fc1c(Cl)cccc1COn1ccc2ncc(-c3cnn(C4CCNCC4)c3)cc21. The van der Waals surface area contributed by atoms with Crippen LogP contribution in [0.3, 0.4) is 0 Å². The fraction of sp³-hybridized carbons (Fsp3) is 0.281. The second kappa shape index (κ2) is 38.0. The molecule has 0 amide bonds. The van der Waals surface area contributed by atoms with Crippen LogP contribution in [0.5, 0.6) is 0 Å². The monoisotopic (exact) mass is 1750 g/mol. The second-order valence-corrected chi connectivity index (χ2v) is 32.6. The molecule has 12 aromatic heterocycles. The van der Waals surface area contributed by atoms with Crippen LogP contribution in [0, 0.1) is 18.6 Å². The van der Waals surface area contributed by atoms with Crippen LogP contribution in [0.2, 0.25) is 30.1 Å². The summed E-state index contributed by atoms with van der Waals surface area (Å²) in [5, 5.41) is 34.4. The van der Waals surface area contributed by atoms with Gasteiger partial charge in [0.1, 0.15) is 60.1 Å². The Morgan fingerprint density at radius 3 is 1.04 bits per heavy atom. The van der Waals surface area contributed by atoms with Crippen LogP contribution in [0.4, 0.5) is 8.78 Å². The summed E-state index contributed by atoms with van der Waals surface area (Å²) in [6, 6.07) is 36.4. The number of piperidine rings is 4. The molecule has 20 rings (SSSR count). The van der Waals surface area contributed by atoms with Crippen molar-refractivity contribution in [3.63, 3.8) is 0 Å². The van der Waals surface area contributed by atoms with Gasteiger partial charge in [-0.1, -0.05) is 106 Å². The minimum absolute atomic E-state index is 0.0635. The molecule has 0 spiro atoms. The van der Waals surface area contributed by atoms with Gasteiger partial charge in [-0.15, -0.1) is 0 Å².